The third kappa shape index (κ3) is 13.7. The Morgan fingerprint density at radius 1 is 0.700 bits per heavy atom. The Bertz CT molecular complexity index is 2540. The maximum atomic E-state index is 13.1. The van der Waals surface area contributed by atoms with Gasteiger partial charge in [0.2, 0.25) is 5.88 Å². The zero-order valence-electron chi connectivity index (χ0n) is 34.1. The molecule has 11 nitrogen and oxygen atoms in total. The van der Waals surface area contributed by atoms with E-state index in [-0.39, 0.29) is 38.9 Å². The number of halogens is 3. The van der Waals surface area contributed by atoms with Crippen LogP contribution in [0.25, 0.3) is 0 Å². The standard InChI is InChI=1S/C21H21ClN2O3S.C17H20BrClN2O3S.C6H6O/c1-21(2,3)15-9-11-18(12-10-15)28(25,26)24-19-13-16(22)14-23-20(19)27-17-7-5-4-6-8-17;1-17(2,3)12-5-7-14(8-6-12)25(22,23)21(11-24-4)15-9-13(19)10-20-16(15)18;7-6-4-2-1-3-5-6/h4-14,24H,1-3H3;5-10H,11H2,1-4H3;1-5,7H. The highest BCUT2D eigenvalue weighted by atomic mass is 79.9. The molecule has 2 aromatic heterocycles. The first-order valence-corrected chi connectivity index (χ1v) is 22.8. The molecule has 0 atom stereocenters. The molecule has 2 N–H and O–H groups in total. The second-order valence-corrected chi connectivity index (χ2v) is 20.3. The number of pyridine rings is 2. The van der Waals surface area contributed by atoms with Gasteiger partial charge in [-0.1, -0.05) is 125 Å². The first-order chi connectivity index (χ1) is 28.1. The van der Waals surface area contributed by atoms with Gasteiger partial charge in [-0.2, -0.15) is 0 Å². The van der Waals surface area contributed by atoms with Crippen molar-refractivity contribution in [3.05, 3.63) is 159 Å². The Kier molecular flexibility index (Phi) is 16.6. The summed E-state index contributed by atoms with van der Waals surface area (Å²) in [5.41, 5.74) is 2.45. The summed E-state index contributed by atoms with van der Waals surface area (Å²) in [6.07, 6.45) is 2.83. The molecule has 4 aromatic carbocycles. The molecule has 6 rings (SSSR count). The van der Waals surface area contributed by atoms with E-state index < -0.39 is 20.0 Å². The number of aromatic hydroxyl groups is 1. The minimum Gasteiger partial charge on any atom is -0.508 e. The predicted octanol–water partition coefficient (Wildman–Crippen LogP) is 11.6. The smallest absolute Gasteiger partial charge is 0.266 e. The third-order valence-corrected chi connectivity index (χ3v) is 12.6. The Morgan fingerprint density at radius 3 is 1.67 bits per heavy atom. The van der Waals surface area contributed by atoms with Gasteiger partial charge >= 0.3 is 0 Å². The average Bonchev–Trinajstić information content (AvgIpc) is 3.19. The van der Waals surface area contributed by atoms with E-state index in [2.05, 4.69) is 72.2 Å². The van der Waals surface area contributed by atoms with Gasteiger partial charge in [0.05, 0.1) is 25.5 Å². The van der Waals surface area contributed by atoms with Crippen LogP contribution in [0.2, 0.25) is 10.0 Å². The molecule has 16 heteroatoms. The number of hydrogen-bond acceptors (Lipinski definition) is 9. The van der Waals surface area contributed by atoms with Crippen LogP contribution in [0.5, 0.6) is 17.4 Å². The van der Waals surface area contributed by atoms with E-state index >= 15 is 0 Å². The van der Waals surface area contributed by atoms with E-state index in [4.69, 9.17) is 37.8 Å². The van der Waals surface area contributed by atoms with E-state index in [9.17, 15) is 16.8 Å². The van der Waals surface area contributed by atoms with Gasteiger partial charge in [-0.25, -0.2) is 31.1 Å². The van der Waals surface area contributed by atoms with E-state index in [1.54, 1.807) is 60.7 Å². The molecule has 0 aliphatic heterocycles. The molecular weight excluding hydrogens is 911 g/mol. The number of phenolic OH excluding ortho intramolecular Hbond substituents is 1. The number of anilines is 2. The lowest BCUT2D eigenvalue weighted by atomic mass is 9.87. The van der Waals surface area contributed by atoms with Crippen molar-refractivity contribution >= 4 is 70.6 Å². The molecule has 0 fully saturated rings. The zero-order chi connectivity index (χ0) is 44.3. The topological polar surface area (TPSA) is 148 Å². The molecule has 0 radical (unpaired) electrons. The second-order valence-electron chi connectivity index (χ2n) is 15.1. The quantitative estimate of drug-likeness (QED) is 0.101. The van der Waals surface area contributed by atoms with Gasteiger partial charge in [0.1, 0.15) is 28.5 Å². The molecule has 60 heavy (non-hydrogen) atoms. The highest BCUT2D eigenvalue weighted by Crippen LogP contribution is 2.34. The highest BCUT2D eigenvalue weighted by Gasteiger charge is 2.28. The number of para-hydroxylation sites is 2. The minimum atomic E-state index is -3.84. The first-order valence-electron chi connectivity index (χ1n) is 18.3. The van der Waals surface area contributed by atoms with Gasteiger partial charge in [0.25, 0.3) is 20.0 Å². The van der Waals surface area contributed by atoms with Crippen LogP contribution in [0, 0.1) is 0 Å². The molecule has 6 aromatic rings. The lowest BCUT2D eigenvalue weighted by Crippen LogP contribution is -2.33. The molecule has 0 aliphatic rings. The largest absolute Gasteiger partial charge is 0.508 e. The number of benzene rings is 4. The van der Waals surface area contributed by atoms with Crippen LogP contribution in [0.1, 0.15) is 52.7 Å². The Morgan fingerprint density at radius 2 is 1.18 bits per heavy atom. The average molecular weight is 959 g/mol. The molecule has 318 valence electrons. The zero-order valence-corrected chi connectivity index (χ0v) is 38.8. The van der Waals surface area contributed by atoms with Crippen molar-refractivity contribution in [2.45, 2.75) is 62.2 Å². The molecule has 0 bridgehead atoms. The number of aromatic nitrogens is 2. The summed E-state index contributed by atoms with van der Waals surface area (Å²) in [6, 6.07) is 34.3. The lowest BCUT2D eigenvalue weighted by molar-refractivity contribution is 0.209. The Labute approximate surface area is 371 Å². The number of sulfonamides is 2. The van der Waals surface area contributed by atoms with Crippen molar-refractivity contribution in [3.63, 3.8) is 0 Å². The summed E-state index contributed by atoms with van der Waals surface area (Å²) in [6.45, 7) is 12.3. The molecule has 2 heterocycles. The molecule has 0 amide bonds. The third-order valence-electron chi connectivity index (χ3n) is 8.42. The maximum Gasteiger partial charge on any atom is 0.266 e. The molecule has 0 aliphatic carbocycles. The number of nitrogens with zero attached hydrogens (tertiary/aromatic N) is 3. The summed E-state index contributed by atoms with van der Waals surface area (Å²) in [7, 11) is -6.25. The van der Waals surface area contributed by atoms with E-state index in [0.29, 0.717) is 31.8 Å². The molecule has 0 spiro atoms. The van der Waals surface area contributed by atoms with Crippen molar-refractivity contribution < 1.29 is 31.4 Å². The molecule has 0 saturated heterocycles. The van der Waals surface area contributed by atoms with E-state index in [1.165, 1.54) is 31.6 Å². The van der Waals surface area contributed by atoms with Crippen LogP contribution in [0.3, 0.4) is 0 Å². The number of nitrogens with one attached hydrogen (secondary N) is 1. The number of methoxy groups -OCH3 is 1. The highest BCUT2D eigenvalue weighted by molar-refractivity contribution is 9.10. The van der Waals surface area contributed by atoms with Gasteiger partial charge in [-0.05, 0) is 98.6 Å². The van der Waals surface area contributed by atoms with Crippen LogP contribution in [0.4, 0.5) is 11.4 Å². The van der Waals surface area contributed by atoms with Crippen LogP contribution in [-0.2, 0) is 35.6 Å². The number of hydrogen-bond donors (Lipinski definition) is 2. The SMILES string of the molecule is CC(C)(C)c1ccc(S(=O)(=O)Nc2cc(Cl)cnc2Oc2ccccc2)cc1.COCN(c1cc(Cl)cnc1Br)S(=O)(=O)c1ccc(C(C)(C)C)cc1.Oc1ccccc1. The maximum absolute atomic E-state index is 13.1. The predicted molar refractivity (Wildman–Crippen MR) is 243 cm³/mol. The second kappa shape index (κ2) is 20.7. The summed E-state index contributed by atoms with van der Waals surface area (Å²) >= 11 is 15.3. The van der Waals surface area contributed by atoms with Gasteiger partial charge < -0.3 is 14.6 Å². The van der Waals surface area contributed by atoms with Crippen LogP contribution in [0.15, 0.2) is 148 Å². The summed E-state index contributed by atoms with van der Waals surface area (Å²) < 4.78 is 66.7. The minimum absolute atomic E-state index is 0.0611. The monoisotopic (exact) mass is 956 g/mol. The van der Waals surface area contributed by atoms with Crippen LogP contribution < -0.4 is 13.8 Å². The van der Waals surface area contributed by atoms with Gasteiger partial charge in [0, 0.05) is 19.5 Å². The van der Waals surface area contributed by atoms with E-state index in [1.807, 2.05) is 48.5 Å². The van der Waals surface area contributed by atoms with E-state index in [0.717, 1.165) is 15.4 Å². The van der Waals surface area contributed by atoms with Gasteiger partial charge in [0.15, 0.2) is 0 Å². The van der Waals surface area contributed by atoms with Crippen LogP contribution in [-0.4, -0.2) is 45.8 Å². The van der Waals surface area contributed by atoms with Crippen LogP contribution >= 0.6 is 39.1 Å². The van der Waals surface area contributed by atoms with Crippen molar-refractivity contribution in [3.8, 4) is 17.4 Å². The lowest BCUT2D eigenvalue weighted by Gasteiger charge is -2.25. The van der Waals surface area contributed by atoms with Crippen molar-refractivity contribution in [1.29, 1.82) is 0 Å². The summed E-state index contributed by atoms with van der Waals surface area (Å²) in [5, 5.41) is 9.26. The Balaban J connectivity index is 0.000000228. The number of ether oxygens (including phenoxy) is 2. The van der Waals surface area contributed by atoms with Crippen molar-refractivity contribution in [2.24, 2.45) is 0 Å². The molecular formula is C44H47BrCl2N4O7S2. The molecule has 0 unspecified atom stereocenters. The fourth-order valence-electron chi connectivity index (χ4n) is 5.17. The molecule has 0 saturated carbocycles. The van der Waals surface area contributed by atoms with Crippen molar-refractivity contribution in [2.75, 3.05) is 22.9 Å². The Hall–Kier alpha value is -4.70. The summed E-state index contributed by atoms with van der Waals surface area (Å²) in [4.78, 5) is 8.49. The fourth-order valence-corrected chi connectivity index (χ4v) is 8.46. The van der Waals surface area contributed by atoms with Crippen molar-refractivity contribution in [1.82, 2.24) is 9.97 Å². The number of phenols is 1. The fraction of sp³-hybridized carbons (Fsp3) is 0.227. The first kappa shape index (κ1) is 48.0. The van der Waals surface area contributed by atoms with Gasteiger partial charge in [-0.15, -0.1) is 0 Å². The van der Waals surface area contributed by atoms with Gasteiger partial charge in [-0.3, -0.25) is 4.72 Å². The summed E-state index contributed by atoms with van der Waals surface area (Å²) in [5.74, 6) is 0.972. The number of rotatable bonds is 10. The normalized spacial score (nSPS) is 11.6.